The summed E-state index contributed by atoms with van der Waals surface area (Å²) in [5.74, 6) is -0.0258. The fourth-order valence-corrected chi connectivity index (χ4v) is 6.73. The van der Waals surface area contributed by atoms with Gasteiger partial charge >= 0.3 is 7.12 Å². The first-order valence-electron chi connectivity index (χ1n) is 13.9. The van der Waals surface area contributed by atoms with Crippen molar-refractivity contribution in [3.8, 4) is 0 Å². The zero-order chi connectivity index (χ0) is 26.5. The highest BCUT2D eigenvalue weighted by molar-refractivity contribution is 6.49. The maximum atomic E-state index is 7.39. The van der Waals surface area contributed by atoms with Crippen LogP contribution >= 0.6 is 0 Å². The molecule has 3 fully saturated rings. The Labute approximate surface area is 231 Å². The zero-order valence-electron chi connectivity index (χ0n) is 22.4. The molecule has 0 aromatic heterocycles. The van der Waals surface area contributed by atoms with E-state index in [1.54, 1.807) is 0 Å². The summed E-state index contributed by atoms with van der Waals surface area (Å²) in [6.45, 7) is 4.57. The minimum absolute atomic E-state index is 0.0449. The third-order valence-corrected chi connectivity index (χ3v) is 8.55. The molecule has 0 amide bonds. The molecule has 4 aromatic rings. The first kappa shape index (κ1) is 24.8. The summed E-state index contributed by atoms with van der Waals surface area (Å²) in [5.41, 5.74) is 2.38. The molecule has 0 unspecified atom stereocenters. The van der Waals surface area contributed by atoms with E-state index >= 15 is 0 Å². The van der Waals surface area contributed by atoms with Crippen LogP contribution in [0.15, 0.2) is 121 Å². The Hall–Kier alpha value is -3.22. The largest absolute Gasteiger partial charge is 0.462 e. The molecule has 39 heavy (non-hydrogen) atoms. The number of hydrogen-bond donors (Lipinski definition) is 0. The van der Waals surface area contributed by atoms with Gasteiger partial charge in [-0.2, -0.15) is 0 Å². The predicted molar refractivity (Wildman–Crippen MR) is 152 cm³/mol. The average Bonchev–Trinajstić information content (AvgIpc) is 3.58. The van der Waals surface area contributed by atoms with Gasteiger partial charge in [0.2, 0.25) is 0 Å². The van der Waals surface area contributed by atoms with Crippen LogP contribution in [0.1, 0.15) is 42.5 Å². The quantitative estimate of drug-likeness (QED) is 0.260. The highest BCUT2D eigenvalue weighted by atomic mass is 16.7. The number of rotatable bonds is 6. The van der Waals surface area contributed by atoms with Gasteiger partial charge in [-0.3, -0.25) is 0 Å². The van der Waals surface area contributed by atoms with E-state index in [9.17, 15) is 0 Å². The van der Waals surface area contributed by atoms with E-state index in [2.05, 4.69) is 121 Å². The molecule has 5 heteroatoms. The standard InChI is InChI=1S/C34H33BO4/c1-32(2)36-24-31(37-32)29-23-30(29)35-38-33(25-15-7-3-8-16-25,26-17-9-4-10-18-26)34(39-35,27-19-11-5-12-20-27)28-21-13-6-14-22-28/h3-22,29-31H,23-24H2,1-2H3/t29-,30-,31+/m0/s1. The maximum absolute atomic E-state index is 7.39. The lowest BCUT2D eigenvalue weighted by Gasteiger charge is -2.46. The van der Waals surface area contributed by atoms with Crippen LogP contribution in [0.2, 0.25) is 5.82 Å². The topological polar surface area (TPSA) is 36.9 Å². The Morgan fingerprint density at radius 2 is 0.974 bits per heavy atom. The van der Waals surface area contributed by atoms with Crippen molar-refractivity contribution in [2.45, 2.75) is 49.2 Å². The highest BCUT2D eigenvalue weighted by Gasteiger charge is 2.70. The van der Waals surface area contributed by atoms with Gasteiger partial charge in [0.05, 0.1) is 12.7 Å². The lowest BCUT2D eigenvalue weighted by molar-refractivity contribution is -0.140. The molecule has 2 aliphatic heterocycles. The fraction of sp³-hybridized carbons (Fsp3) is 0.294. The van der Waals surface area contributed by atoms with E-state index in [1.165, 1.54) is 0 Å². The van der Waals surface area contributed by atoms with Crippen molar-refractivity contribution in [3.63, 3.8) is 0 Å². The van der Waals surface area contributed by atoms with E-state index in [0.29, 0.717) is 12.5 Å². The Bertz CT molecular complexity index is 1240. The van der Waals surface area contributed by atoms with Crippen LogP contribution in [-0.2, 0) is 30.0 Å². The smallest absolute Gasteiger partial charge is 0.394 e. The third-order valence-electron chi connectivity index (χ3n) is 8.55. The zero-order valence-corrected chi connectivity index (χ0v) is 22.4. The molecule has 1 aliphatic carbocycles. The van der Waals surface area contributed by atoms with Crippen molar-refractivity contribution in [1.82, 2.24) is 0 Å². The Balaban J connectivity index is 1.44. The molecule has 2 heterocycles. The molecule has 0 bridgehead atoms. The van der Waals surface area contributed by atoms with E-state index in [0.717, 1.165) is 28.7 Å². The van der Waals surface area contributed by atoms with Gasteiger partial charge in [-0.1, -0.05) is 121 Å². The lowest BCUT2D eigenvalue weighted by atomic mass is 9.66. The maximum Gasteiger partial charge on any atom is 0.462 e. The number of hydrogen-bond acceptors (Lipinski definition) is 4. The van der Waals surface area contributed by atoms with Crippen molar-refractivity contribution in [3.05, 3.63) is 144 Å². The van der Waals surface area contributed by atoms with E-state index < -0.39 is 24.1 Å². The second-order valence-electron chi connectivity index (χ2n) is 11.4. The number of ether oxygens (including phenoxy) is 2. The highest BCUT2D eigenvalue weighted by Crippen LogP contribution is 2.64. The van der Waals surface area contributed by atoms with Gasteiger partial charge in [-0.15, -0.1) is 0 Å². The van der Waals surface area contributed by atoms with Crippen LogP contribution in [0.4, 0.5) is 0 Å². The van der Waals surface area contributed by atoms with E-state index in [1.807, 2.05) is 13.8 Å². The SMILES string of the molecule is CC1(C)OC[C@H]([C@H]2C[C@@H]2B2OC(c3ccccc3)(c3ccccc3)C(c3ccccc3)(c3ccccc3)O2)O1. The van der Waals surface area contributed by atoms with Gasteiger partial charge in [0.15, 0.2) is 5.79 Å². The number of benzene rings is 4. The predicted octanol–water partition coefficient (Wildman–Crippen LogP) is 6.95. The monoisotopic (exact) mass is 516 g/mol. The molecule has 3 aliphatic rings. The van der Waals surface area contributed by atoms with Gasteiger partial charge in [0, 0.05) is 0 Å². The molecular weight excluding hydrogens is 483 g/mol. The first-order valence-corrected chi connectivity index (χ1v) is 13.9. The summed E-state index contributed by atoms with van der Waals surface area (Å²) in [6.07, 6.45) is 1.03. The van der Waals surface area contributed by atoms with Crippen LogP contribution in [0, 0.1) is 5.92 Å². The minimum Gasteiger partial charge on any atom is -0.394 e. The molecule has 3 atom stereocenters. The molecule has 4 nitrogen and oxygen atoms in total. The van der Waals surface area contributed by atoms with Crippen LogP contribution in [0.5, 0.6) is 0 Å². The summed E-state index contributed by atoms with van der Waals surface area (Å²) in [7, 11) is -0.428. The Morgan fingerprint density at radius 3 is 1.31 bits per heavy atom. The van der Waals surface area contributed by atoms with Crippen molar-refractivity contribution in [2.24, 2.45) is 5.92 Å². The third kappa shape index (κ3) is 3.99. The van der Waals surface area contributed by atoms with Crippen molar-refractivity contribution in [1.29, 1.82) is 0 Å². The molecule has 0 spiro atoms. The van der Waals surface area contributed by atoms with Gasteiger partial charge in [-0.05, 0) is 54.3 Å². The summed E-state index contributed by atoms with van der Waals surface area (Å²) >= 11 is 0. The molecule has 196 valence electrons. The fourth-order valence-electron chi connectivity index (χ4n) is 6.73. The van der Waals surface area contributed by atoms with Gasteiger partial charge in [0.1, 0.15) is 11.2 Å². The molecule has 1 saturated carbocycles. The lowest BCUT2D eigenvalue weighted by Crippen LogP contribution is -2.48. The van der Waals surface area contributed by atoms with Crippen LogP contribution in [0.25, 0.3) is 0 Å². The second-order valence-corrected chi connectivity index (χ2v) is 11.4. The van der Waals surface area contributed by atoms with Crippen molar-refractivity contribution in [2.75, 3.05) is 6.61 Å². The molecule has 7 rings (SSSR count). The molecule has 4 aromatic carbocycles. The summed E-state index contributed by atoms with van der Waals surface area (Å²) in [5, 5.41) is 0. The van der Waals surface area contributed by atoms with E-state index in [-0.39, 0.29) is 11.9 Å². The minimum atomic E-state index is -0.928. The summed E-state index contributed by atoms with van der Waals surface area (Å²) in [4.78, 5) is 0. The van der Waals surface area contributed by atoms with Gasteiger partial charge in [0.25, 0.3) is 0 Å². The second kappa shape index (κ2) is 9.46. The molecular formula is C34H33BO4. The van der Waals surface area contributed by atoms with Crippen LogP contribution in [-0.4, -0.2) is 25.6 Å². The van der Waals surface area contributed by atoms with Crippen LogP contribution < -0.4 is 0 Å². The molecule has 0 radical (unpaired) electrons. The molecule has 0 N–H and O–H groups in total. The Kier molecular flexibility index (Phi) is 6.02. The van der Waals surface area contributed by atoms with E-state index in [4.69, 9.17) is 18.8 Å². The molecule has 2 saturated heterocycles. The van der Waals surface area contributed by atoms with Crippen molar-refractivity contribution >= 4 is 7.12 Å². The van der Waals surface area contributed by atoms with Crippen LogP contribution in [0.3, 0.4) is 0 Å². The Morgan fingerprint density at radius 1 is 0.590 bits per heavy atom. The summed E-state index contributed by atoms with van der Waals surface area (Å²) < 4.78 is 27.0. The first-order chi connectivity index (χ1) is 19.0. The van der Waals surface area contributed by atoms with Gasteiger partial charge < -0.3 is 18.8 Å². The average molecular weight is 516 g/mol. The normalized spacial score (nSPS) is 26.4. The van der Waals surface area contributed by atoms with Gasteiger partial charge in [-0.25, -0.2) is 0 Å². The van der Waals surface area contributed by atoms with Crippen molar-refractivity contribution < 1.29 is 18.8 Å². The summed E-state index contributed by atoms with van der Waals surface area (Å²) in [6, 6.07) is 42.2.